The number of aryl methyl sites for hydroxylation is 1. The van der Waals surface area contributed by atoms with E-state index >= 15 is 0 Å². The van der Waals surface area contributed by atoms with Crippen molar-refractivity contribution in [2.24, 2.45) is 11.1 Å². The van der Waals surface area contributed by atoms with Crippen molar-refractivity contribution in [1.29, 1.82) is 0 Å². The topological polar surface area (TPSA) is 78.6 Å². The van der Waals surface area contributed by atoms with Crippen molar-refractivity contribution in [3.8, 4) is 0 Å². The molecule has 0 bridgehead atoms. The first kappa shape index (κ1) is 19.2. The largest absolute Gasteiger partial charge is 0.462 e. The number of esters is 1. The van der Waals surface area contributed by atoms with Gasteiger partial charge in [0.15, 0.2) is 5.78 Å². The number of hydrogen-bond acceptors (Lipinski definition) is 6. The smallest absolute Gasteiger partial charge is 0.340 e. The average molecular weight is 440 g/mol. The third-order valence-corrected chi connectivity index (χ3v) is 6.81. The highest BCUT2D eigenvalue weighted by atomic mass is 79.9. The number of ether oxygens (including phenoxy) is 2. The minimum atomic E-state index is -0.545. The summed E-state index contributed by atoms with van der Waals surface area (Å²) < 4.78 is 11.9. The van der Waals surface area contributed by atoms with E-state index < -0.39 is 11.9 Å². The molecule has 5 nitrogen and oxygen atoms in total. The molecule has 2 N–H and O–H groups in total. The standard InChI is InChI=1S/C19H22BrNO4S/c1-5-24-18(23)16-15(13-6-10(20)9(2)26-13)14-11(22)7-19(3,4)8-12(14)25-17(16)21/h6,15H,5,7-8,21H2,1-4H3. The zero-order valence-electron chi connectivity index (χ0n) is 15.3. The number of thiophene rings is 1. The molecular weight excluding hydrogens is 418 g/mol. The van der Waals surface area contributed by atoms with Crippen LogP contribution in [0.25, 0.3) is 0 Å². The quantitative estimate of drug-likeness (QED) is 0.709. The van der Waals surface area contributed by atoms with E-state index in [-0.39, 0.29) is 29.3 Å². The molecule has 2 heterocycles. The Morgan fingerprint density at radius 1 is 1.46 bits per heavy atom. The Balaban J connectivity index is 2.18. The lowest BCUT2D eigenvalue weighted by molar-refractivity contribution is -0.139. The molecule has 1 atom stereocenters. The van der Waals surface area contributed by atoms with Crippen LogP contribution in [0.5, 0.6) is 0 Å². The van der Waals surface area contributed by atoms with Crippen molar-refractivity contribution in [2.45, 2.75) is 46.5 Å². The van der Waals surface area contributed by atoms with Gasteiger partial charge in [0, 0.05) is 32.6 Å². The lowest BCUT2D eigenvalue weighted by Crippen LogP contribution is -2.35. The maximum atomic E-state index is 13.0. The zero-order valence-corrected chi connectivity index (χ0v) is 17.7. The summed E-state index contributed by atoms with van der Waals surface area (Å²) in [5.74, 6) is -0.487. The van der Waals surface area contributed by atoms with E-state index in [2.05, 4.69) is 15.9 Å². The molecule has 7 heteroatoms. The first-order valence-electron chi connectivity index (χ1n) is 8.51. The molecule has 0 radical (unpaired) electrons. The summed E-state index contributed by atoms with van der Waals surface area (Å²) in [6.07, 6.45) is 1.01. The van der Waals surface area contributed by atoms with Gasteiger partial charge in [0.25, 0.3) is 0 Å². The maximum Gasteiger partial charge on any atom is 0.340 e. The van der Waals surface area contributed by atoms with Crippen LogP contribution in [0.4, 0.5) is 0 Å². The van der Waals surface area contributed by atoms with E-state index in [4.69, 9.17) is 15.2 Å². The van der Waals surface area contributed by atoms with Crippen LogP contribution in [-0.4, -0.2) is 18.4 Å². The van der Waals surface area contributed by atoms with E-state index in [9.17, 15) is 9.59 Å². The van der Waals surface area contributed by atoms with Crippen molar-refractivity contribution < 1.29 is 19.1 Å². The van der Waals surface area contributed by atoms with Crippen molar-refractivity contribution in [2.75, 3.05) is 6.61 Å². The molecule has 0 spiro atoms. The summed E-state index contributed by atoms with van der Waals surface area (Å²) in [6.45, 7) is 8.00. The highest BCUT2D eigenvalue weighted by molar-refractivity contribution is 9.10. The summed E-state index contributed by atoms with van der Waals surface area (Å²) in [4.78, 5) is 27.6. The van der Waals surface area contributed by atoms with Crippen LogP contribution in [0.15, 0.2) is 33.3 Å². The summed E-state index contributed by atoms with van der Waals surface area (Å²) in [6, 6.07) is 1.94. The van der Waals surface area contributed by atoms with E-state index in [0.29, 0.717) is 24.2 Å². The van der Waals surface area contributed by atoms with E-state index in [0.717, 1.165) is 14.2 Å². The highest BCUT2D eigenvalue weighted by Gasteiger charge is 2.45. The first-order valence-corrected chi connectivity index (χ1v) is 10.1. The summed E-state index contributed by atoms with van der Waals surface area (Å²) in [7, 11) is 0. The highest BCUT2D eigenvalue weighted by Crippen LogP contribution is 2.50. The molecule has 140 valence electrons. The van der Waals surface area contributed by atoms with Gasteiger partial charge in [-0.05, 0) is 41.3 Å². The molecular formula is C19H22BrNO4S. The van der Waals surface area contributed by atoms with Crippen LogP contribution < -0.4 is 5.73 Å². The van der Waals surface area contributed by atoms with Crippen molar-refractivity contribution >= 4 is 39.0 Å². The van der Waals surface area contributed by atoms with Gasteiger partial charge in [0.1, 0.15) is 11.3 Å². The summed E-state index contributed by atoms with van der Waals surface area (Å²) in [5, 5.41) is 0. The van der Waals surface area contributed by atoms with Gasteiger partial charge in [-0.15, -0.1) is 11.3 Å². The Morgan fingerprint density at radius 2 is 2.15 bits per heavy atom. The third-order valence-electron chi connectivity index (χ3n) is 4.61. The lowest BCUT2D eigenvalue weighted by Gasteiger charge is -2.37. The number of carbonyl (C=O) groups is 2. The van der Waals surface area contributed by atoms with Crippen LogP contribution in [0.1, 0.15) is 49.3 Å². The fraction of sp³-hybridized carbons (Fsp3) is 0.474. The average Bonchev–Trinajstić information content (AvgIpc) is 2.83. The fourth-order valence-corrected chi connectivity index (χ4v) is 5.18. The number of rotatable bonds is 3. The third kappa shape index (κ3) is 3.34. The molecule has 1 unspecified atom stereocenters. The molecule has 26 heavy (non-hydrogen) atoms. The monoisotopic (exact) mass is 439 g/mol. The van der Waals surface area contributed by atoms with E-state index in [1.165, 1.54) is 11.3 Å². The fourth-order valence-electron chi connectivity index (χ4n) is 3.50. The molecule has 1 aliphatic heterocycles. The van der Waals surface area contributed by atoms with Crippen LogP contribution in [0, 0.1) is 12.3 Å². The Morgan fingerprint density at radius 3 is 2.73 bits per heavy atom. The number of carbonyl (C=O) groups excluding carboxylic acids is 2. The van der Waals surface area contributed by atoms with Gasteiger partial charge >= 0.3 is 5.97 Å². The van der Waals surface area contributed by atoms with Gasteiger partial charge in [-0.25, -0.2) is 4.79 Å². The first-order chi connectivity index (χ1) is 12.1. The number of allylic oxidation sites excluding steroid dienone is 2. The normalized spacial score (nSPS) is 22.2. The minimum Gasteiger partial charge on any atom is -0.462 e. The molecule has 0 fully saturated rings. The molecule has 1 aromatic heterocycles. The lowest BCUT2D eigenvalue weighted by atomic mass is 9.71. The maximum absolute atomic E-state index is 13.0. The van der Waals surface area contributed by atoms with Gasteiger partial charge in [0.2, 0.25) is 5.88 Å². The molecule has 0 aromatic carbocycles. The van der Waals surface area contributed by atoms with Crippen molar-refractivity contribution in [1.82, 2.24) is 0 Å². The minimum absolute atomic E-state index is 0.00211. The van der Waals surface area contributed by atoms with Crippen LogP contribution >= 0.6 is 27.3 Å². The summed E-state index contributed by atoms with van der Waals surface area (Å²) >= 11 is 5.05. The Kier molecular flexibility index (Phi) is 5.05. The predicted molar refractivity (Wildman–Crippen MR) is 103 cm³/mol. The Labute approximate surface area is 165 Å². The molecule has 0 amide bonds. The Bertz CT molecular complexity index is 830. The number of nitrogens with two attached hydrogens (primary N) is 1. The zero-order chi connectivity index (χ0) is 19.2. The van der Waals surface area contributed by atoms with E-state index in [1.54, 1.807) is 6.92 Å². The number of hydrogen-bond donors (Lipinski definition) is 1. The predicted octanol–water partition coefficient (Wildman–Crippen LogP) is 4.31. The Hall–Kier alpha value is -1.60. The van der Waals surface area contributed by atoms with Gasteiger partial charge in [-0.2, -0.15) is 0 Å². The molecule has 0 saturated carbocycles. The number of Topliss-reactive ketones (excluding diaryl/α,β-unsaturated/α-hetero) is 1. The van der Waals surface area contributed by atoms with Crippen LogP contribution in [0.2, 0.25) is 0 Å². The molecule has 0 saturated heterocycles. The van der Waals surface area contributed by atoms with Gasteiger partial charge < -0.3 is 15.2 Å². The number of halogens is 1. The second-order valence-electron chi connectivity index (χ2n) is 7.36. The van der Waals surface area contributed by atoms with Crippen LogP contribution in [-0.2, 0) is 19.1 Å². The number of ketones is 1. The second kappa shape index (κ2) is 6.85. The van der Waals surface area contributed by atoms with Gasteiger partial charge in [-0.3, -0.25) is 4.79 Å². The van der Waals surface area contributed by atoms with Gasteiger partial charge in [0.05, 0.1) is 12.5 Å². The molecule has 3 rings (SSSR count). The van der Waals surface area contributed by atoms with Crippen molar-refractivity contribution in [3.05, 3.63) is 43.1 Å². The second-order valence-corrected chi connectivity index (χ2v) is 9.51. The SMILES string of the molecule is CCOC(=O)C1=C(N)OC2=C(C(=O)CC(C)(C)C2)C1c1cc(Br)c(C)s1. The molecule has 1 aliphatic carbocycles. The van der Waals surface area contributed by atoms with E-state index in [1.807, 2.05) is 26.8 Å². The van der Waals surface area contributed by atoms with Gasteiger partial charge in [-0.1, -0.05) is 13.8 Å². The molecule has 2 aliphatic rings. The summed E-state index contributed by atoms with van der Waals surface area (Å²) in [5.41, 5.74) is 6.68. The van der Waals surface area contributed by atoms with Crippen LogP contribution in [0.3, 0.4) is 0 Å². The van der Waals surface area contributed by atoms with Crippen molar-refractivity contribution in [3.63, 3.8) is 0 Å². The molecule has 1 aromatic rings.